The van der Waals surface area contributed by atoms with Crippen LogP contribution >= 0.6 is 23.1 Å². The molecule has 0 aliphatic carbocycles. The van der Waals surface area contributed by atoms with Crippen molar-refractivity contribution in [3.63, 3.8) is 0 Å². The largest absolute Gasteiger partial charge is 0.486 e. The number of carbonyl (C=O) groups is 1. The van der Waals surface area contributed by atoms with E-state index in [1.54, 1.807) is 23.9 Å². The van der Waals surface area contributed by atoms with E-state index >= 15 is 0 Å². The molecule has 2 rings (SSSR count). The number of hydrogen-bond donors (Lipinski definition) is 1. The van der Waals surface area contributed by atoms with E-state index in [4.69, 9.17) is 4.74 Å². The van der Waals surface area contributed by atoms with Crippen molar-refractivity contribution in [2.75, 3.05) is 18.7 Å². The second kappa shape index (κ2) is 7.28. The fourth-order valence-corrected chi connectivity index (χ4v) is 2.78. The summed E-state index contributed by atoms with van der Waals surface area (Å²) in [5.41, 5.74) is 1.58. The lowest BCUT2D eigenvalue weighted by Crippen LogP contribution is -2.11. The van der Waals surface area contributed by atoms with Crippen LogP contribution in [0.4, 0.5) is 10.5 Å². The van der Waals surface area contributed by atoms with Gasteiger partial charge in [-0.3, -0.25) is 5.32 Å². The molecule has 21 heavy (non-hydrogen) atoms. The number of methoxy groups -OCH3 is 1. The highest BCUT2D eigenvalue weighted by Gasteiger charge is 2.07. The molecule has 0 fully saturated rings. The monoisotopic (exact) mass is 325 g/mol. The zero-order chi connectivity index (χ0) is 15.2. The second-order valence-electron chi connectivity index (χ2n) is 4.05. The molecular formula is C13H15N3O3S2. The summed E-state index contributed by atoms with van der Waals surface area (Å²) in [5.74, 6) is 0.712. The lowest BCUT2D eigenvalue weighted by molar-refractivity contribution is 0.187. The SMILES string of the molecule is COC(=O)Nc1ccc(OCc2nnc(SC)s2)cc1C. The van der Waals surface area contributed by atoms with Crippen LogP contribution in [0, 0.1) is 6.92 Å². The van der Waals surface area contributed by atoms with Gasteiger partial charge in [0.05, 0.1) is 7.11 Å². The molecule has 1 heterocycles. The number of ether oxygens (including phenoxy) is 2. The van der Waals surface area contributed by atoms with Crippen LogP contribution in [0.2, 0.25) is 0 Å². The van der Waals surface area contributed by atoms with Gasteiger partial charge in [-0.2, -0.15) is 0 Å². The minimum atomic E-state index is -0.495. The van der Waals surface area contributed by atoms with Gasteiger partial charge in [0, 0.05) is 5.69 Å². The van der Waals surface area contributed by atoms with Gasteiger partial charge >= 0.3 is 6.09 Å². The topological polar surface area (TPSA) is 73.3 Å². The van der Waals surface area contributed by atoms with Crippen molar-refractivity contribution in [2.45, 2.75) is 17.9 Å². The maximum Gasteiger partial charge on any atom is 0.411 e. The van der Waals surface area contributed by atoms with Gasteiger partial charge < -0.3 is 9.47 Å². The van der Waals surface area contributed by atoms with Crippen molar-refractivity contribution in [1.82, 2.24) is 10.2 Å². The second-order valence-corrected chi connectivity index (χ2v) is 6.16. The zero-order valence-corrected chi connectivity index (χ0v) is 13.5. The van der Waals surface area contributed by atoms with Gasteiger partial charge in [-0.1, -0.05) is 23.1 Å². The molecule has 0 spiro atoms. The highest BCUT2D eigenvalue weighted by Crippen LogP contribution is 2.24. The molecule has 1 N–H and O–H groups in total. The fourth-order valence-electron chi connectivity index (χ4n) is 1.55. The first-order chi connectivity index (χ1) is 10.1. The van der Waals surface area contributed by atoms with E-state index in [0.717, 1.165) is 14.9 Å². The van der Waals surface area contributed by atoms with Crippen LogP contribution in [0.25, 0.3) is 0 Å². The maximum absolute atomic E-state index is 11.2. The van der Waals surface area contributed by atoms with Gasteiger partial charge in [0.25, 0.3) is 0 Å². The third kappa shape index (κ3) is 4.33. The number of benzene rings is 1. The number of aryl methyl sites for hydroxylation is 1. The van der Waals surface area contributed by atoms with Crippen molar-refractivity contribution < 1.29 is 14.3 Å². The van der Waals surface area contributed by atoms with E-state index in [1.807, 2.05) is 19.2 Å². The first-order valence-corrected chi connectivity index (χ1v) is 8.11. The van der Waals surface area contributed by atoms with Gasteiger partial charge in [0.1, 0.15) is 12.4 Å². The summed E-state index contributed by atoms with van der Waals surface area (Å²) in [7, 11) is 1.33. The number of rotatable bonds is 5. The third-order valence-corrected chi connectivity index (χ3v) is 4.48. The molecule has 0 aliphatic rings. The number of thioether (sulfide) groups is 1. The normalized spacial score (nSPS) is 10.2. The van der Waals surface area contributed by atoms with Crippen LogP contribution in [0.5, 0.6) is 5.75 Å². The quantitative estimate of drug-likeness (QED) is 0.850. The molecule has 8 heteroatoms. The van der Waals surface area contributed by atoms with E-state index in [2.05, 4.69) is 20.3 Å². The molecule has 6 nitrogen and oxygen atoms in total. The van der Waals surface area contributed by atoms with Crippen LogP contribution in [0.15, 0.2) is 22.5 Å². The Morgan fingerprint density at radius 2 is 2.24 bits per heavy atom. The molecule has 0 saturated heterocycles. The van der Waals surface area contributed by atoms with E-state index in [-0.39, 0.29) is 0 Å². The summed E-state index contributed by atoms with van der Waals surface area (Å²) in [6.07, 6.45) is 1.46. The Balaban J connectivity index is 1.98. The van der Waals surface area contributed by atoms with Crippen molar-refractivity contribution in [2.24, 2.45) is 0 Å². The highest BCUT2D eigenvalue weighted by atomic mass is 32.2. The zero-order valence-electron chi connectivity index (χ0n) is 11.9. The number of hydrogen-bond acceptors (Lipinski definition) is 7. The molecule has 0 saturated carbocycles. The smallest absolute Gasteiger partial charge is 0.411 e. The molecule has 0 unspecified atom stereocenters. The molecule has 0 radical (unpaired) electrons. The number of anilines is 1. The van der Waals surface area contributed by atoms with Gasteiger partial charge in [0.15, 0.2) is 9.35 Å². The molecule has 0 aliphatic heterocycles. The fraction of sp³-hybridized carbons (Fsp3) is 0.308. The average Bonchev–Trinajstić information content (AvgIpc) is 2.95. The van der Waals surface area contributed by atoms with Gasteiger partial charge in [-0.05, 0) is 36.9 Å². The predicted molar refractivity (Wildman–Crippen MR) is 83.2 cm³/mol. The number of nitrogens with zero attached hydrogens (tertiary/aromatic N) is 2. The number of amides is 1. The molecular weight excluding hydrogens is 310 g/mol. The van der Waals surface area contributed by atoms with E-state index in [9.17, 15) is 4.79 Å². The summed E-state index contributed by atoms with van der Waals surface area (Å²) in [6, 6.07) is 5.41. The molecule has 0 atom stereocenters. The number of nitrogens with one attached hydrogen (secondary N) is 1. The Labute approximate surface area is 130 Å². The van der Waals surface area contributed by atoms with Gasteiger partial charge in [-0.25, -0.2) is 4.79 Å². The standard InChI is InChI=1S/C13H15N3O3S2/c1-8-6-9(4-5-10(8)14-12(17)18-2)19-7-11-15-16-13(20-3)21-11/h4-6H,7H2,1-3H3,(H,14,17). The summed E-state index contributed by atoms with van der Waals surface area (Å²) < 4.78 is 11.2. The van der Waals surface area contributed by atoms with E-state index in [0.29, 0.717) is 18.0 Å². The van der Waals surface area contributed by atoms with Crippen molar-refractivity contribution in [1.29, 1.82) is 0 Å². The highest BCUT2D eigenvalue weighted by molar-refractivity contribution is 8.00. The molecule has 1 aromatic heterocycles. The Hall–Kier alpha value is -1.80. The Morgan fingerprint density at radius 1 is 1.43 bits per heavy atom. The minimum absolute atomic E-state index is 0.376. The lowest BCUT2D eigenvalue weighted by atomic mass is 10.2. The Bertz CT molecular complexity index is 631. The number of aromatic nitrogens is 2. The molecule has 2 aromatic rings. The van der Waals surface area contributed by atoms with E-state index < -0.39 is 6.09 Å². The van der Waals surface area contributed by atoms with Crippen LogP contribution in [-0.4, -0.2) is 29.7 Å². The molecule has 1 aromatic carbocycles. The summed E-state index contributed by atoms with van der Waals surface area (Å²) in [6.45, 7) is 2.26. The first kappa shape index (κ1) is 15.6. The van der Waals surface area contributed by atoms with Crippen LogP contribution in [0.1, 0.15) is 10.6 Å². The number of carbonyl (C=O) groups excluding carboxylic acids is 1. The Morgan fingerprint density at radius 3 is 2.86 bits per heavy atom. The molecule has 1 amide bonds. The van der Waals surface area contributed by atoms with Crippen molar-refractivity contribution in [3.8, 4) is 5.75 Å². The summed E-state index contributed by atoms with van der Waals surface area (Å²) >= 11 is 3.07. The van der Waals surface area contributed by atoms with Crippen LogP contribution in [0.3, 0.4) is 0 Å². The molecule has 112 valence electrons. The van der Waals surface area contributed by atoms with Crippen LogP contribution in [-0.2, 0) is 11.3 Å². The average molecular weight is 325 g/mol. The summed E-state index contributed by atoms with van der Waals surface area (Å²) in [4.78, 5) is 11.2. The third-order valence-electron chi connectivity index (χ3n) is 2.61. The lowest BCUT2D eigenvalue weighted by Gasteiger charge is -2.10. The van der Waals surface area contributed by atoms with Gasteiger partial charge in [0.2, 0.25) is 0 Å². The van der Waals surface area contributed by atoms with Crippen molar-refractivity contribution in [3.05, 3.63) is 28.8 Å². The predicted octanol–water partition coefficient (Wildman–Crippen LogP) is 3.33. The first-order valence-electron chi connectivity index (χ1n) is 6.07. The minimum Gasteiger partial charge on any atom is -0.486 e. The Kier molecular flexibility index (Phi) is 5.40. The van der Waals surface area contributed by atoms with Crippen molar-refractivity contribution >= 4 is 34.9 Å². The van der Waals surface area contributed by atoms with Crippen LogP contribution < -0.4 is 10.1 Å². The maximum atomic E-state index is 11.2. The van der Waals surface area contributed by atoms with Gasteiger partial charge in [-0.15, -0.1) is 10.2 Å². The summed E-state index contributed by atoms with van der Waals surface area (Å²) in [5, 5.41) is 11.5. The van der Waals surface area contributed by atoms with E-state index in [1.165, 1.54) is 18.4 Å². The molecule has 0 bridgehead atoms.